The third kappa shape index (κ3) is 3.34. The van der Waals surface area contributed by atoms with Crippen LogP contribution in [0.25, 0.3) is 16.7 Å². The number of aromatic hydroxyl groups is 1. The Labute approximate surface area is 191 Å². The Morgan fingerprint density at radius 1 is 1.27 bits per heavy atom. The van der Waals surface area contributed by atoms with Crippen LogP contribution in [0.4, 0.5) is 5.82 Å². The number of nitrogen functional groups attached to an aromatic ring is 1. The summed E-state index contributed by atoms with van der Waals surface area (Å²) in [6.07, 6.45) is 2.50. The van der Waals surface area contributed by atoms with Crippen molar-refractivity contribution in [2.45, 2.75) is 39.2 Å². The molecule has 1 fully saturated rings. The molecule has 0 radical (unpaired) electrons. The molecule has 2 aliphatic heterocycles. The molecule has 1 aromatic carbocycles. The first-order valence-electron chi connectivity index (χ1n) is 11.2. The maximum absolute atomic E-state index is 12.5. The first-order valence-corrected chi connectivity index (χ1v) is 11.2. The number of primary amides is 1. The first-order chi connectivity index (χ1) is 15.8. The standard InChI is InChI=1S/C24H29N5O4/c1-12-4-5-16(30)13(2)19(12)29-21(25)18(22(26)31)17-20-15(8-11-32-20)24(27-23(17)29)33-14-6-9-28(3)10-7-14/h4-5,14,30H,6-11,25H2,1-3H3,(H2,26,31). The summed E-state index contributed by atoms with van der Waals surface area (Å²) in [6, 6.07) is 3.43. The Kier molecular flexibility index (Phi) is 5.08. The number of rotatable bonds is 4. The molecule has 5 N–H and O–H groups in total. The highest BCUT2D eigenvalue weighted by molar-refractivity contribution is 6.13. The van der Waals surface area contributed by atoms with Gasteiger partial charge < -0.3 is 30.9 Å². The zero-order valence-electron chi connectivity index (χ0n) is 19.1. The van der Waals surface area contributed by atoms with Crippen molar-refractivity contribution in [1.29, 1.82) is 0 Å². The van der Waals surface area contributed by atoms with Crippen LogP contribution in [0, 0.1) is 13.8 Å². The van der Waals surface area contributed by atoms with Crippen LogP contribution in [0.5, 0.6) is 17.4 Å². The number of pyridine rings is 1. The number of carbonyl (C=O) groups excluding carboxylic acids is 1. The predicted octanol–water partition coefficient (Wildman–Crippen LogP) is 2.44. The number of aromatic nitrogens is 2. The van der Waals surface area contributed by atoms with Gasteiger partial charge in [0, 0.05) is 25.1 Å². The summed E-state index contributed by atoms with van der Waals surface area (Å²) in [5.74, 6) is 0.691. The summed E-state index contributed by atoms with van der Waals surface area (Å²) >= 11 is 0. The maximum Gasteiger partial charge on any atom is 0.253 e. The third-order valence-electron chi connectivity index (χ3n) is 6.77. The van der Waals surface area contributed by atoms with Crippen LogP contribution in [0.1, 0.15) is 39.9 Å². The smallest absolute Gasteiger partial charge is 0.253 e. The lowest BCUT2D eigenvalue weighted by molar-refractivity contribution is 0.100. The van der Waals surface area contributed by atoms with Gasteiger partial charge in [0.25, 0.3) is 5.91 Å². The largest absolute Gasteiger partial charge is 0.508 e. The van der Waals surface area contributed by atoms with E-state index in [0.29, 0.717) is 46.9 Å². The number of phenols is 1. The lowest BCUT2D eigenvalue weighted by Gasteiger charge is -2.29. The van der Waals surface area contributed by atoms with Crippen molar-refractivity contribution in [2.24, 2.45) is 5.73 Å². The maximum atomic E-state index is 12.5. The minimum absolute atomic E-state index is 0.0523. The van der Waals surface area contributed by atoms with E-state index in [1.165, 1.54) is 0 Å². The van der Waals surface area contributed by atoms with E-state index in [0.717, 1.165) is 37.1 Å². The molecule has 5 rings (SSSR count). The predicted molar refractivity (Wildman–Crippen MR) is 125 cm³/mol. The molecular formula is C24H29N5O4. The number of hydrogen-bond acceptors (Lipinski definition) is 7. The van der Waals surface area contributed by atoms with Gasteiger partial charge in [-0.15, -0.1) is 0 Å². The number of fused-ring (bicyclic) bond motifs is 3. The molecule has 9 heteroatoms. The monoisotopic (exact) mass is 451 g/mol. The Hall–Kier alpha value is -3.46. The lowest BCUT2D eigenvalue weighted by Crippen LogP contribution is -2.36. The number of aryl methyl sites for hydroxylation is 1. The molecule has 0 unspecified atom stereocenters. The van der Waals surface area contributed by atoms with E-state index in [-0.39, 0.29) is 23.2 Å². The minimum Gasteiger partial charge on any atom is -0.508 e. The fraction of sp³-hybridized carbons (Fsp3) is 0.417. The van der Waals surface area contributed by atoms with Crippen molar-refractivity contribution in [3.05, 3.63) is 34.4 Å². The van der Waals surface area contributed by atoms with E-state index >= 15 is 0 Å². The van der Waals surface area contributed by atoms with Gasteiger partial charge in [-0.05, 0) is 45.4 Å². The minimum atomic E-state index is -0.657. The van der Waals surface area contributed by atoms with E-state index < -0.39 is 5.91 Å². The van der Waals surface area contributed by atoms with Gasteiger partial charge in [0.1, 0.15) is 23.4 Å². The second-order valence-electron chi connectivity index (χ2n) is 8.98. The van der Waals surface area contributed by atoms with Crippen molar-refractivity contribution in [2.75, 3.05) is 32.5 Å². The van der Waals surface area contributed by atoms with Gasteiger partial charge in [0.05, 0.1) is 28.8 Å². The molecule has 1 amide bonds. The molecule has 0 aliphatic carbocycles. The third-order valence-corrected chi connectivity index (χ3v) is 6.77. The average Bonchev–Trinajstić information content (AvgIpc) is 3.36. The van der Waals surface area contributed by atoms with Gasteiger partial charge in [-0.3, -0.25) is 9.36 Å². The van der Waals surface area contributed by atoms with Crippen LogP contribution in [0.15, 0.2) is 12.1 Å². The molecule has 0 saturated carbocycles. The van der Waals surface area contributed by atoms with Crippen molar-refractivity contribution < 1.29 is 19.4 Å². The van der Waals surface area contributed by atoms with Crippen LogP contribution < -0.4 is 20.9 Å². The summed E-state index contributed by atoms with van der Waals surface area (Å²) in [5.41, 5.74) is 15.9. The number of piperidine rings is 1. The highest BCUT2D eigenvalue weighted by Gasteiger charge is 2.33. The molecule has 4 heterocycles. The second kappa shape index (κ2) is 7.84. The van der Waals surface area contributed by atoms with E-state index in [4.69, 9.17) is 25.9 Å². The number of ether oxygens (including phenoxy) is 2. The average molecular weight is 452 g/mol. The van der Waals surface area contributed by atoms with Gasteiger partial charge in [0.2, 0.25) is 5.88 Å². The number of phenolic OH excluding ortho intramolecular Hbond substituents is 1. The van der Waals surface area contributed by atoms with Crippen LogP contribution >= 0.6 is 0 Å². The molecular weight excluding hydrogens is 422 g/mol. The SMILES string of the molecule is Cc1ccc(O)c(C)c1-n1c(N)c(C(N)=O)c2c3c(c(OC4CCN(C)CC4)nc21)CCO3. The molecule has 0 spiro atoms. The molecule has 174 valence electrons. The van der Waals surface area contributed by atoms with Crippen molar-refractivity contribution in [3.8, 4) is 23.1 Å². The number of anilines is 1. The Balaban J connectivity index is 1.78. The van der Waals surface area contributed by atoms with E-state index in [1.807, 2.05) is 6.92 Å². The van der Waals surface area contributed by atoms with Gasteiger partial charge in [-0.1, -0.05) is 6.07 Å². The summed E-state index contributed by atoms with van der Waals surface area (Å²) < 4.78 is 14.1. The number of amides is 1. The first kappa shape index (κ1) is 21.4. The number of likely N-dealkylation sites (tertiary alicyclic amines) is 1. The summed E-state index contributed by atoms with van der Waals surface area (Å²) in [6.45, 7) is 6.10. The van der Waals surface area contributed by atoms with Gasteiger partial charge in [-0.25, -0.2) is 0 Å². The van der Waals surface area contributed by atoms with Gasteiger partial charge >= 0.3 is 0 Å². The molecule has 3 aromatic rings. The molecule has 1 saturated heterocycles. The molecule has 9 nitrogen and oxygen atoms in total. The lowest BCUT2D eigenvalue weighted by atomic mass is 10.1. The normalized spacial score (nSPS) is 16.7. The Morgan fingerprint density at radius 2 is 2.00 bits per heavy atom. The van der Waals surface area contributed by atoms with E-state index in [9.17, 15) is 9.90 Å². The fourth-order valence-electron chi connectivity index (χ4n) is 4.95. The zero-order valence-corrected chi connectivity index (χ0v) is 19.1. The molecule has 0 bridgehead atoms. The number of hydrogen-bond donors (Lipinski definition) is 3. The molecule has 2 aliphatic rings. The summed E-state index contributed by atoms with van der Waals surface area (Å²) in [4.78, 5) is 19.7. The van der Waals surface area contributed by atoms with Crippen LogP contribution in [0.2, 0.25) is 0 Å². The van der Waals surface area contributed by atoms with Crippen LogP contribution in [-0.2, 0) is 6.42 Å². The number of carbonyl (C=O) groups is 1. The summed E-state index contributed by atoms with van der Waals surface area (Å²) in [5, 5.41) is 10.9. The number of nitrogens with zero attached hydrogens (tertiary/aromatic N) is 3. The van der Waals surface area contributed by atoms with Gasteiger partial charge in [0.15, 0.2) is 5.65 Å². The quantitative estimate of drug-likeness (QED) is 0.556. The van der Waals surface area contributed by atoms with Crippen LogP contribution in [-0.4, -0.2) is 58.3 Å². The zero-order chi connectivity index (χ0) is 23.4. The van der Waals surface area contributed by atoms with Crippen molar-refractivity contribution >= 4 is 22.8 Å². The Morgan fingerprint density at radius 3 is 2.70 bits per heavy atom. The van der Waals surface area contributed by atoms with E-state index in [2.05, 4.69) is 11.9 Å². The van der Waals surface area contributed by atoms with Gasteiger partial charge in [-0.2, -0.15) is 4.98 Å². The fourth-order valence-corrected chi connectivity index (χ4v) is 4.95. The molecule has 33 heavy (non-hydrogen) atoms. The van der Waals surface area contributed by atoms with Crippen molar-refractivity contribution in [1.82, 2.24) is 14.5 Å². The second-order valence-corrected chi connectivity index (χ2v) is 8.98. The molecule has 0 atom stereocenters. The highest BCUT2D eigenvalue weighted by Crippen LogP contribution is 2.45. The van der Waals surface area contributed by atoms with Crippen molar-refractivity contribution in [3.63, 3.8) is 0 Å². The number of benzene rings is 1. The summed E-state index contributed by atoms with van der Waals surface area (Å²) in [7, 11) is 2.10. The highest BCUT2D eigenvalue weighted by atomic mass is 16.5. The van der Waals surface area contributed by atoms with E-state index in [1.54, 1.807) is 23.6 Å². The Bertz CT molecular complexity index is 1270. The topological polar surface area (TPSA) is 129 Å². The van der Waals surface area contributed by atoms with Crippen LogP contribution in [0.3, 0.4) is 0 Å². The number of nitrogens with two attached hydrogens (primary N) is 2. The molecule has 2 aromatic heterocycles.